The molecule has 2 heterocycles. The predicted octanol–water partition coefficient (Wildman–Crippen LogP) is 3.44. The van der Waals surface area contributed by atoms with E-state index in [1.54, 1.807) is 11.8 Å². The molecule has 19 heavy (non-hydrogen) atoms. The van der Waals surface area contributed by atoms with E-state index in [0.29, 0.717) is 0 Å². The Kier molecular flexibility index (Phi) is 4.52. The standard InChI is InChI=1S/C13H17BrN4S/c1-5-10-12(17(3)13(15-2)19-4)18-8-9(14)6-7-11(18)16-10/h6-8H,5H2,1-4H3. The lowest BCUT2D eigenvalue weighted by molar-refractivity contribution is 1.04. The lowest BCUT2D eigenvalue weighted by Gasteiger charge is -2.20. The van der Waals surface area contributed by atoms with Gasteiger partial charge in [0.25, 0.3) is 0 Å². The molecule has 6 heteroatoms. The molecule has 2 aromatic rings. The van der Waals surface area contributed by atoms with Crippen molar-refractivity contribution in [3.63, 3.8) is 0 Å². The first kappa shape index (κ1) is 14.4. The van der Waals surface area contributed by atoms with Gasteiger partial charge < -0.3 is 4.90 Å². The summed E-state index contributed by atoms with van der Waals surface area (Å²) in [6, 6.07) is 4.03. The van der Waals surface area contributed by atoms with Gasteiger partial charge in [-0.15, -0.1) is 0 Å². The topological polar surface area (TPSA) is 32.9 Å². The zero-order chi connectivity index (χ0) is 14.0. The lowest BCUT2D eigenvalue weighted by Crippen LogP contribution is -2.25. The number of fused-ring (bicyclic) bond motifs is 1. The number of pyridine rings is 1. The van der Waals surface area contributed by atoms with Crippen molar-refractivity contribution in [1.29, 1.82) is 0 Å². The third-order valence-electron chi connectivity index (χ3n) is 2.94. The highest BCUT2D eigenvalue weighted by atomic mass is 79.9. The largest absolute Gasteiger partial charge is 0.308 e. The van der Waals surface area contributed by atoms with E-state index >= 15 is 0 Å². The maximum absolute atomic E-state index is 4.68. The van der Waals surface area contributed by atoms with Crippen LogP contribution < -0.4 is 4.90 Å². The van der Waals surface area contributed by atoms with Crippen LogP contribution in [0.3, 0.4) is 0 Å². The first-order valence-electron chi connectivity index (χ1n) is 6.03. The van der Waals surface area contributed by atoms with Crippen LogP contribution in [-0.4, -0.2) is 34.9 Å². The Hall–Kier alpha value is -1.01. The van der Waals surface area contributed by atoms with E-state index in [0.717, 1.165) is 33.2 Å². The number of aryl methyl sites for hydroxylation is 1. The van der Waals surface area contributed by atoms with Crippen molar-refractivity contribution in [1.82, 2.24) is 9.38 Å². The predicted molar refractivity (Wildman–Crippen MR) is 87.5 cm³/mol. The number of hydrogen-bond acceptors (Lipinski definition) is 3. The number of amidine groups is 1. The highest BCUT2D eigenvalue weighted by Crippen LogP contribution is 2.26. The number of rotatable bonds is 2. The quantitative estimate of drug-likeness (QED) is 0.620. The van der Waals surface area contributed by atoms with Crippen LogP contribution in [0.1, 0.15) is 12.6 Å². The summed E-state index contributed by atoms with van der Waals surface area (Å²) in [5.74, 6) is 1.08. The Bertz CT molecular complexity index is 620. The Morgan fingerprint density at radius 1 is 1.53 bits per heavy atom. The maximum atomic E-state index is 4.68. The molecular formula is C13H17BrN4S. The normalized spacial score (nSPS) is 12.2. The van der Waals surface area contributed by atoms with Crippen LogP contribution in [0.2, 0.25) is 0 Å². The van der Waals surface area contributed by atoms with Crippen molar-refractivity contribution in [2.75, 3.05) is 25.3 Å². The summed E-state index contributed by atoms with van der Waals surface area (Å²) in [4.78, 5) is 11.1. The van der Waals surface area contributed by atoms with Crippen molar-refractivity contribution in [2.45, 2.75) is 13.3 Å². The molecule has 0 aliphatic carbocycles. The zero-order valence-electron chi connectivity index (χ0n) is 11.5. The molecule has 0 amide bonds. The van der Waals surface area contributed by atoms with Crippen molar-refractivity contribution in [3.05, 3.63) is 28.5 Å². The molecule has 0 radical (unpaired) electrons. The van der Waals surface area contributed by atoms with Crippen LogP contribution in [0.15, 0.2) is 27.8 Å². The van der Waals surface area contributed by atoms with Crippen molar-refractivity contribution in [2.24, 2.45) is 4.99 Å². The van der Waals surface area contributed by atoms with Gasteiger partial charge in [-0.2, -0.15) is 0 Å². The first-order chi connectivity index (χ1) is 9.12. The minimum atomic E-state index is 0.893. The molecule has 0 atom stereocenters. The third-order valence-corrected chi connectivity index (χ3v) is 4.23. The SMILES string of the molecule is CCc1nc2ccc(Br)cn2c1N(C)C(=NC)SC. The third kappa shape index (κ3) is 2.65. The minimum Gasteiger partial charge on any atom is -0.308 e. The van der Waals surface area contributed by atoms with Gasteiger partial charge in [0.2, 0.25) is 0 Å². The van der Waals surface area contributed by atoms with E-state index in [4.69, 9.17) is 0 Å². The average Bonchev–Trinajstić information content (AvgIpc) is 2.77. The number of thioether (sulfide) groups is 1. The Balaban J connectivity index is 2.66. The second-order valence-electron chi connectivity index (χ2n) is 4.08. The first-order valence-corrected chi connectivity index (χ1v) is 8.05. The fourth-order valence-corrected chi connectivity index (χ4v) is 3.00. The van der Waals surface area contributed by atoms with Gasteiger partial charge >= 0.3 is 0 Å². The summed E-state index contributed by atoms with van der Waals surface area (Å²) in [5.41, 5.74) is 2.04. The lowest BCUT2D eigenvalue weighted by atomic mass is 10.3. The zero-order valence-corrected chi connectivity index (χ0v) is 13.9. The Labute approximate surface area is 126 Å². The summed E-state index contributed by atoms with van der Waals surface area (Å²) < 4.78 is 3.14. The summed E-state index contributed by atoms with van der Waals surface area (Å²) in [5, 5.41) is 0.969. The van der Waals surface area contributed by atoms with Gasteiger partial charge in [-0.25, -0.2) is 4.98 Å². The second-order valence-corrected chi connectivity index (χ2v) is 5.77. The van der Waals surface area contributed by atoms with Crippen LogP contribution in [0.25, 0.3) is 5.65 Å². The number of anilines is 1. The molecule has 102 valence electrons. The van der Waals surface area contributed by atoms with Gasteiger partial charge in [-0.05, 0) is 40.7 Å². The van der Waals surface area contributed by atoms with Gasteiger partial charge in [-0.3, -0.25) is 9.39 Å². The van der Waals surface area contributed by atoms with E-state index < -0.39 is 0 Å². The Morgan fingerprint density at radius 2 is 2.26 bits per heavy atom. The number of aromatic nitrogens is 2. The summed E-state index contributed by atoms with van der Waals surface area (Å²) in [6.45, 7) is 2.12. The van der Waals surface area contributed by atoms with Crippen molar-refractivity contribution in [3.8, 4) is 0 Å². The number of imidazole rings is 1. The fourth-order valence-electron chi connectivity index (χ4n) is 2.12. The molecule has 0 aromatic carbocycles. The van der Waals surface area contributed by atoms with Gasteiger partial charge in [0.05, 0.1) is 5.69 Å². The smallest absolute Gasteiger partial charge is 0.164 e. The summed E-state index contributed by atoms with van der Waals surface area (Å²) in [7, 11) is 3.84. The molecule has 2 aromatic heterocycles. The van der Waals surface area contributed by atoms with Crippen LogP contribution in [0, 0.1) is 0 Å². The maximum Gasteiger partial charge on any atom is 0.164 e. The summed E-state index contributed by atoms with van der Waals surface area (Å²) in [6.07, 6.45) is 4.97. The minimum absolute atomic E-state index is 0.893. The number of halogens is 1. The van der Waals surface area contributed by atoms with Gasteiger partial charge in [-0.1, -0.05) is 18.7 Å². The molecule has 0 unspecified atom stereocenters. The van der Waals surface area contributed by atoms with E-state index in [2.05, 4.69) is 42.1 Å². The molecule has 0 aliphatic heterocycles. The molecule has 0 N–H and O–H groups in total. The second kappa shape index (κ2) is 5.96. The van der Waals surface area contributed by atoms with E-state index in [9.17, 15) is 0 Å². The van der Waals surface area contributed by atoms with E-state index in [-0.39, 0.29) is 0 Å². The molecule has 0 saturated carbocycles. The number of hydrogen-bond donors (Lipinski definition) is 0. The Morgan fingerprint density at radius 3 is 2.84 bits per heavy atom. The highest BCUT2D eigenvalue weighted by molar-refractivity contribution is 9.10. The average molecular weight is 341 g/mol. The fraction of sp³-hybridized carbons (Fsp3) is 0.385. The molecule has 2 rings (SSSR count). The van der Waals surface area contributed by atoms with Crippen LogP contribution >= 0.6 is 27.7 Å². The van der Waals surface area contributed by atoms with E-state index in [1.165, 1.54) is 0 Å². The molecular weight excluding hydrogens is 324 g/mol. The van der Waals surface area contributed by atoms with Crippen LogP contribution in [-0.2, 0) is 6.42 Å². The van der Waals surface area contributed by atoms with Gasteiger partial charge in [0, 0.05) is 24.8 Å². The van der Waals surface area contributed by atoms with Crippen molar-refractivity contribution < 1.29 is 0 Å². The molecule has 0 aliphatic rings. The van der Waals surface area contributed by atoms with E-state index in [1.807, 2.05) is 38.7 Å². The highest BCUT2D eigenvalue weighted by Gasteiger charge is 2.18. The molecule has 0 fully saturated rings. The number of nitrogens with zero attached hydrogens (tertiary/aromatic N) is 4. The molecule has 0 saturated heterocycles. The van der Waals surface area contributed by atoms with Gasteiger partial charge in [0.1, 0.15) is 11.5 Å². The molecule has 4 nitrogen and oxygen atoms in total. The molecule has 0 bridgehead atoms. The van der Waals surface area contributed by atoms with Crippen molar-refractivity contribution >= 4 is 44.3 Å². The van der Waals surface area contributed by atoms with Crippen LogP contribution in [0.4, 0.5) is 5.82 Å². The summed E-state index contributed by atoms with van der Waals surface area (Å²) >= 11 is 5.15. The number of aliphatic imine (C=N–C) groups is 1. The molecule has 0 spiro atoms. The van der Waals surface area contributed by atoms with Crippen LogP contribution in [0.5, 0.6) is 0 Å². The van der Waals surface area contributed by atoms with Gasteiger partial charge in [0.15, 0.2) is 5.17 Å². The monoisotopic (exact) mass is 340 g/mol.